The van der Waals surface area contributed by atoms with Gasteiger partial charge < -0.3 is 10.5 Å². The molecule has 0 aliphatic rings. The van der Waals surface area contributed by atoms with Crippen molar-refractivity contribution in [3.8, 4) is 0 Å². The highest BCUT2D eigenvalue weighted by molar-refractivity contribution is 5.96. The molecule has 0 spiro atoms. The highest BCUT2D eigenvalue weighted by atomic mass is 35.5. The largest absolute Gasteiger partial charge is 0.481 e. The van der Waals surface area contributed by atoms with Gasteiger partial charge in [0.05, 0.1) is 6.42 Å². The van der Waals surface area contributed by atoms with Crippen molar-refractivity contribution >= 4 is 24.1 Å². The van der Waals surface area contributed by atoms with Crippen LogP contribution in [0.25, 0.3) is 0 Å². The van der Waals surface area contributed by atoms with E-state index in [-0.39, 0.29) is 18.8 Å². The molecule has 0 aromatic rings. The van der Waals surface area contributed by atoms with Crippen LogP contribution in [0.1, 0.15) is 26.2 Å². The number of carbonyl (C=O) groups is 1. The zero-order chi connectivity index (χ0) is 7.28. The van der Waals surface area contributed by atoms with Crippen LogP contribution < -0.4 is 0 Å². The third-order valence-electron chi connectivity index (χ3n) is 0.916. The van der Waals surface area contributed by atoms with Crippen molar-refractivity contribution in [2.75, 3.05) is 0 Å². The molecule has 0 saturated carbocycles. The summed E-state index contributed by atoms with van der Waals surface area (Å²) in [4.78, 5) is 9.94. The summed E-state index contributed by atoms with van der Waals surface area (Å²) in [5, 5.41) is 15.2. The first-order chi connectivity index (χ1) is 4.16. The molecule has 0 aliphatic heterocycles. The second-order valence-corrected chi connectivity index (χ2v) is 1.92. The van der Waals surface area contributed by atoms with E-state index >= 15 is 0 Å². The average molecular weight is 166 g/mol. The van der Waals surface area contributed by atoms with E-state index in [4.69, 9.17) is 10.5 Å². The first kappa shape index (κ1) is 12.1. The van der Waals surface area contributed by atoms with Crippen LogP contribution in [-0.2, 0) is 4.79 Å². The number of hydrogen-bond donors (Lipinski definition) is 2. The van der Waals surface area contributed by atoms with E-state index < -0.39 is 5.97 Å². The van der Waals surface area contributed by atoms with Gasteiger partial charge in [-0.05, 0) is 6.42 Å². The third-order valence-corrected chi connectivity index (χ3v) is 0.916. The molecule has 10 heavy (non-hydrogen) atoms. The molecule has 0 aliphatic carbocycles. The number of carboxylic acid groups (broad SMARTS) is 1. The van der Waals surface area contributed by atoms with Crippen LogP contribution in [0.15, 0.2) is 0 Å². The van der Waals surface area contributed by atoms with Crippen molar-refractivity contribution < 1.29 is 9.90 Å². The minimum absolute atomic E-state index is 0. The number of carboxylic acids is 1. The zero-order valence-corrected chi connectivity index (χ0v) is 6.70. The molecule has 0 aromatic carbocycles. The molecule has 2 N–H and O–H groups in total. The molecule has 4 heteroatoms. The topological polar surface area (TPSA) is 61.2 Å². The molecule has 0 radical (unpaired) electrons. The Morgan fingerprint density at radius 3 is 2.40 bits per heavy atom. The van der Waals surface area contributed by atoms with Gasteiger partial charge in [-0.1, -0.05) is 13.3 Å². The Balaban J connectivity index is 0. The molecule has 0 rings (SSSR count). The lowest BCUT2D eigenvalue weighted by Crippen LogP contribution is -2.04. The van der Waals surface area contributed by atoms with Crippen LogP contribution >= 0.6 is 12.4 Å². The first-order valence-electron chi connectivity index (χ1n) is 2.95. The fraction of sp³-hybridized carbons (Fsp3) is 0.667. The Hall–Kier alpha value is -0.570. The number of hydrogen-bond acceptors (Lipinski definition) is 2. The van der Waals surface area contributed by atoms with Crippen molar-refractivity contribution in [2.45, 2.75) is 26.2 Å². The van der Waals surface area contributed by atoms with Crippen LogP contribution in [0.4, 0.5) is 0 Å². The van der Waals surface area contributed by atoms with Crippen molar-refractivity contribution in [2.24, 2.45) is 0 Å². The van der Waals surface area contributed by atoms with E-state index in [2.05, 4.69) is 0 Å². The van der Waals surface area contributed by atoms with Crippen molar-refractivity contribution in [3.63, 3.8) is 0 Å². The molecule has 0 fully saturated rings. The van der Waals surface area contributed by atoms with Gasteiger partial charge in [0.15, 0.2) is 0 Å². The van der Waals surface area contributed by atoms with Crippen molar-refractivity contribution in [1.82, 2.24) is 0 Å². The monoisotopic (exact) mass is 165 g/mol. The summed E-state index contributed by atoms with van der Waals surface area (Å²) in [6.45, 7) is 1.93. The quantitative estimate of drug-likeness (QED) is 0.623. The molecule has 0 atom stereocenters. The summed E-state index contributed by atoms with van der Waals surface area (Å²) in [5.74, 6) is -0.909. The van der Waals surface area contributed by atoms with Gasteiger partial charge in [0.1, 0.15) is 0 Å². The number of halogens is 1. The maximum Gasteiger partial charge on any atom is 0.309 e. The molecule has 0 bridgehead atoms. The third kappa shape index (κ3) is 7.43. The predicted molar refractivity (Wildman–Crippen MR) is 42.1 cm³/mol. The van der Waals surface area contributed by atoms with Gasteiger partial charge >= 0.3 is 5.97 Å². The van der Waals surface area contributed by atoms with Gasteiger partial charge in [0.2, 0.25) is 0 Å². The number of nitrogens with one attached hydrogen (secondary N) is 1. The number of aliphatic carboxylic acids is 1. The minimum atomic E-state index is -0.909. The molecule has 0 amide bonds. The standard InChI is InChI=1S/C6H11NO2.ClH/c1-2-3-5(7)4-6(8)9;/h7H,2-4H2,1H3,(H,8,9);1H. The van der Waals surface area contributed by atoms with Crippen LogP contribution in [-0.4, -0.2) is 16.8 Å². The van der Waals surface area contributed by atoms with Gasteiger partial charge in [0, 0.05) is 5.71 Å². The maximum atomic E-state index is 9.94. The van der Waals surface area contributed by atoms with E-state index in [1.807, 2.05) is 6.92 Å². The molecular weight excluding hydrogens is 154 g/mol. The first-order valence-corrected chi connectivity index (χ1v) is 2.95. The Morgan fingerprint density at radius 2 is 2.10 bits per heavy atom. The van der Waals surface area contributed by atoms with E-state index in [0.29, 0.717) is 12.1 Å². The molecule has 60 valence electrons. The Morgan fingerprint density at radius 1 is 1.60 bits per heavy atom. The zero-order valence-electron chi connectivity index (χ0n) is 5.89. The molecule has 0 aromatic heterocycles. The van der Waals surface area contributed by atoms with Gasteiger partial charge in [-0.2, -0.15) is 0 Å². The summed E-state index contributed by atoms with van der Waals surface area (Å²) >= 11 is 0. The van der Waals surface area contributed by atoms with Crippen LogP contribution in [0.2, 0.25) is 0 Å². The lowest BCUT2D eigenvalue weighted by atomic mass is 10.2. The van der Waals surface area contributed by atoms with Crippen LogP contribution in [0.5, 0.6) is 0 Å². The fourth-order valence-electron chi connectivity index (χ4n) is 0.573. The highest BCUT2D eigenvalue weighted by Gasteiger charge is 2.00. The van der Waals surface area contributed by atoms with E-state index in [1.54, 1.807) is 0 Å². The van der Waals surface area contributed by atoms with E-state index in [0.717, 1.165) is 6.42 Å². The Labute approximate surface area is 66.4 Å². The molecule has 3 nitrogen and oxygen atoms in total. The highest BCUT2D eigenvalue weighted by Crippen LogP contribution is 1.93. The molecular formula is C6H12ClNO2. The second-order valence-electron chi connectivity index (χ2n) is 1.92. The van der Waals surface area contributed by atoms with Gasteiger partial charge in [-0.3, -0.25) is 4.79 Å². The summed E-state index contributed by atoms with van der Waals surface area (Å²) < 4.78 is 0. The lowest BCUT2D eigenvalue weighted by molar-refractivity contribution is -0.135. The van der Waals surface area contributed by atoms with Gasteiger partial charge in [0.25, 0.3) is 0 Å². The van der Waals surface area contributed by atoms with Gasteiger partial charge in [-0.15, -0.1) is 12.4 Å². The van der Waals surface area contributed by atoms with Crippen LogP contribution in [0, 0.1) is 5.41 Å². The van der Waals surface area contributed by atoms with E-state index in [9.17, 15) is 4.79 Å². The lowest BCUT2D eigenvalue weighted by Gasteiger charge is -1.94. The van der Waals surface area contributed by atoms with Gasteiger partial charge in [-0.25, -0.2) is 0 Å². The van der Waals surface area contributed by atoms with E-state index in [1.165, 1.54) is 0 Å². The fourth-order valence-corrected chi connectivity index (χ4v) is 0.573. The van der Waals surface area contributed by atoms with Crippen molar-refractivity contribution in [3.05, 3.63) is 0 Å². The average Bonchev–Trinajstić information content (AvgIpc) is 1.63. The minimum Gasteiger partial charge on any atom is -0.481 e. The summed E-state index contributed by atoms with van der Waals surface area (Å²) in [6.07, 6.45) is 1.35. The smallest absolute Gasteiger partial charge is 0.309 e. The molecule has 0 unspecified atom stereocenters. The SMILES string of the molecule is CCCC(=N)CC(=O)O.Cl. The van der Waals surface area contributed by atoms with Crippen LogP contribution in [0.3, 0.4) is 0 Å². The normalized spacial score (nSPS) is 8.10. The Bertz CT molecular complexity index is 125. The molecule has 0 heterocycles. The molecule has 0 saturated heterocycles. The summed E-state index contributed by atoms with van der Waals surface area (Å²) in [5.41, 5.74) is 0.310. The Kier molecular flexibility index (Phi) is 7.95. The van der Waals surface area contributed by atoms with Crippen molar-refractivity contribution in [1.29, 1.82) is 5.41 Å². The summed E-state index contributed by atoms with van der Waals surface area (Å²) in [7, 11) is 0. The number of rotatable bonds is 4. The maximum absolute atomic E-state index is 9.94. The predicted octanol–water partition coefficient (Wildman–Crippen LogP) is 1.70. The summed E-state index contributed by atoms with van der Waals surface area (Å²) in [6, 6.07) is 0. The second kappa shape index (κ2) is 6.55.